The molecule has 1 atom stereocenters. The van der Waals surface area contributed by atoms with E-state index in [2.05, 4.69) is 10.4 Å². The van der Waals surface area contributed by atoms with Crippen molar-refractivity contribution in [2.45, 2.75) is 45.8 Å². The van der Waals surface area contributed by atoms with E-state index < -0.39 is 11.5 Å². The van der Waals surface area contributed by atoms with Gasteiger partial charge in [-0.05, 0) is 50.5 Å². The molecule has 1 aliphatic rings. The van der Waals surface area contributed by atoms with Crippen LogP contribution in [-0.2, 0) is 29.0 Å². The molecule has 1 unspecified atom stereocenters. The molecule has 9 heteroatoms. The molecule has 1 aliphatic heterocycles. The predicted octanol–water partition coefficient (Wildman–Crippen LogP) is 3.80. The van der Waals surface area contributed by atoms with E-state index in [9.17, 15) is 14.4 Å². The van der Waals surface area contributed by atoms with E-state index in [1.54, 1.807) is 30.9 Å². The molecule has 0 saturated carbocycles. The minimum Gasteiger partial charge on any atom is -0.461 e. The second-order valence-corrected chi connectivity index (χ2v) is 9.50. The normalized spacial score (nSPS) is 17.0. The van der Waals surface area contributed by atoms with E-state index in [4.69, 9.17) is 16.3 Å². The standard InChI is InChI=1S/C27H29ClN4O4/c1-4-36-25(34)22-15-23-24(33)31(14-13-19-9-11-21(28)12-10-19)27(3,17-32(23)30-22)26(35)29-16-20-7-5-18(2)6-8-20/h5-12,15H,4,13-14,16-17H2,1-3H3,(H,29,35). The molecule has 0 radical (unpaired) electrons. The lowest BCUT2D eigenvalue weighted by Gasteiger charge is -2.43. The maximum Gasteiger partial charge on any atom is 0.358 e. The molecule has 36 heavy (non-hydrogen) atoms. The Kier molecular flexibility index (Phi) is 7.45. The van der Waals surface area contributed by atoms with Crippen LogP contribution in [0.15, 0.2) is 54.6 Å². The van der Waals surface area contributed by atoms with Crippen molar-refractivity contribution in [1.29, 1.82) is 0 Å². The Hall–Kier alpha value is -3.65. The Morgan fingerprint density at radius 1 is 1.11 bits per heavy atom. The van der Waals surface area contributed by atoms with Crippen LogP contribution in [0.2, 0.25) is 5.02 Å². The second kappa shape index (κ2) is 10.5. The minimum absolute atomic E-state index is 0.0437. The van der Waals surface area contributed by atoms with Crippen LogP contribution in [0.5, 0.6) is 0 Å². The molecule has 4 rings (SSSR count). The molecule has 188 valence electrons. The third-order valence-electron chi connectivity index (χ3n) is 6.38. The van der Waals surface area contributed by atoms with E-state index in [0.29, 0.717) is 24.5 Å². The largest absolute Gasteiger partial charge is 0.461 e. The molecule has 2 amide bonds. The Morgan fingerprint density at radius 3 is 2.44 bits per heavy atom. The van der Waals surface area contributed by atoms with Gasteiger partial charge in [0.05, 0.1) is 13.2 Å². The number of carbonyl (C=O) groups is 3. The van der Waals surface area contributed by atoms with Gasteiger partial charge in [-0.2, -0.15) is 5.10 Å². The summed E-state index contributed by atoms with van der Waals surface area (Å²) >= 11 is 6.01. The van der Waals surface area contributed by atoms with Crippen LogP contribution in [0, 0.1) is 6.92 Å². The highest BCUT2D eigenvalue weighted by atomic mass is 35.5. The van der Waals surface area contributed by atoms with Crippen molar-refractivity contribution < 1.29 is 19.1 Å². The Balaban J connectivity index is 1.61. The van der Waals surface area contributed by atoms with Crippen molar-refractivity contribution >= 4 is 29.4 Å². The van der Waals surface area contributed by atoms with Crippen LogP contribution < -0.4 is 5.32 Å². The second-order valence-electron chi connectivity index (χ2n) is 9.07. The SMILES string of the molecule is CCOC(=O)c1cc2n(n1)CC(C)(C(=O)NCc1ccc(C)cc1)N(CCc1ccc(Cl)cc1)C2=O. The predicted molar refractivity (Wildman–Crippen MR) is 136 cm³/mol. The molecule has 1 N–H and O–H groups in total. The molecular formula is C27H29ClN4O4. The van der Waals surface area contributed by atoms with Crippen molar-refractivity contribution in [1.82, 2.24) is 20.0 Å². The fourth-order valence-electron chi connectivity index (χ4n) is 4.27. The molecule has 0 saturated heterocycles. The molecule has 2 heterocycles. The Bertz CT molecular complexity index is 1270. The number of fused-ring (bicyclic) bond motifs is 1. The van der Waals surface area contributed by atoms with E-state index >= 15 is 0 Å². The highest BCUT2D eigenvalue weighted by Crippen LogP contribution is 2.28. The van der Waals surface area contributed by atoms with Crippen LogP contribution in [0.4, 0.5) is 0 Å². The zero-order valence-electron chi connectivity index (χ0n) is 20.6. The minimum atomic E-state index is -1.22. The summed E-state index contributed by atoms with van der Waals surface area (Å²) in [4.78, 5) is 41.0. The van der Waals surface area contributed by atoms with Gasteiger partial charge >= 0.3 is 5.97 Å². The summed E-state index contributed by atoms with van der Waals surface area (Å²) in [6, 6.07) is 16.7. The molecular weight excluding hydrogens is 480 g/mol. The van der Waals surface area contributed by atoms with E-state index in [0.717, 1.165) is 16.7 Å². The maximum absolute atomic E-state index is 13.6. The van der Waals surface area contributed by atoms with Crippen molar-refractivity contribution in [3.8, 4) is 0 Å². The molecule has 1 aromatic heterocycles. The van der Waals surface area contributed by atoms with Gasteiger partial charge < -0.3 is 15.0 Å². The number of rotatable bonds is 8. The lowest BCUT2D eigenvalue weighted by Crippen LogP contribution is -2.64. The first-order chi connectivity index (χ1) is 17.2. The van der Waals surface area contributed by atoms with Gasteiger partial charge in [-0.3, -0.25) is 14.3 Å². The van der Waals surface area contributed by atoms with Crippen LogP contribution >= 0.6 is 11.6 Å². The number of halogens is 1. The van der Waals surface area contributed by atoms with Crippen LogP contribution in [0.1, 0.15) is 51.5 Å². The molecule has 0 bridgehead atoms. The number of hydrogen-bond acceptors (Lipinski definition) is 5. The van der Waals surface area contributed by atoms with Gasteiger partial charge in [0.15, 0.2) is 5.69 Å². The summed E-state index contributed by atoms with van der Waals surface area (Å²) in [5.74, 6) is -1.27. The Morgan fingerprint density at radius 2 is 1.78 bits per heavy atom. The third kappa shape index (κ3) is 5.28. The molecule has 2 aromatic carbocycles. The number of nitrogens with zero attached hydrogens (tertiary/aromatic N) is 3. The topological polar surface area (TPSA) is 93.5 Å². The fourth-order valence-corrected chi connectivity index (χ4v) is 4.39. The first-order valence-corrected chi connectivity index (χ1v) is 12.2. The lowest BCUT2D eigenvalue weighted by atomic mass is 9.94. The number of esters is 1. The van der Waals surface area contributed by atoms with Gasteiger partial charge in [-0.15, -0.1) is 0 Å². The maximum atomic E-state index is 13.6. The van der Waals surface area contributed by atoms with Crippen molar-refractivity contribution in [2.75, 3.05) is 13.2 Å². The lowest BCUT2D eigenvalue weighted by molar-refractivity contribution is -0.133. The summed E-state index contributed by atoms with van der Waals surface area (Å²) in [5.41, 5.74) is 2.14. The number of ether oxygens (including phenoxy) is 1. The summed E-state index contributed by atoms with van der Waals surface area (Å²) in [6.45, 7) is 6.36. The van der Waals surface area contributed by atoms with Gasteiger partial charge in [-0.1, -0.05) is 53.6 Å². The number of hydrogen-bond donors (Lipinski definition) is 1. The van der Waals surface area contributed by atoms with E-state index in [1.807, 2.05) is 43.3 Å². The van der Waals surface area contributed by atoms with E-state index in [-0.39, 0.29) is 36.4 Å². The first-order valence-electron chi connectivity index (χ1n) is 11.9. The number of amides is 2. The van der Waals surface area contributed by atoms with Gasteiger partial charge in [-0.25, -0.2) is 4.79 Å². The number of aryl methyl sites for hydroxylation is 1. The van der Waals surface area contributed by atoms with Gasteiger partial charge in [0.2, 0.25) is 5.91 Å². The highest BCUT2D eigenvalue weighted by Gasteiger charge is 2.48. The molecule has 0 fully saturated rings. The molecule has 0 aliphatic carbocycles. The summed E-state index contributed by atoms with van der Waals surface area (Å²) in [6.07, 6.45) is 0.530. The smallest absolute Gasteiger partial charge is 0.358 e. The van der Waals surface area contributed by atoms with Gasteiger partial charge in [0.25, 0.3) is 5.91 Å². The summed E-state index contributed by atoms with van der Waals surface area (Å²) < 4.78 is 6.48. The number of nitrogens with one attached hydrogen (secondary N) is 1. The Labute approximate surface area is 215 Å². The van der Waals surface area contributed by atoms with Crippen LogP contribution in [0.25, 0.3) is 0 Å². The zero-order valence-corrected chi connectivity index (χ0v) is 21.3. The van der Waals surface area contributed by atoms with Crippen molar-refractivity contribution in [3.05, 3.63) is 87.7 Å². The van der Waals surface area contributed by atoms with Crippen LogP contribution in [-0.4, -0.2) is 51.2 Å². The number of carbonyl (C=O) groups excluding carboxylic acids is 3. The third-order valence-corrected chi connectivity index (χ3v) is 6.63. The zero-order chi connectivity index (χ0) is 25.9. The number of benzene rings is 2. The number of aromatic nitrogens is 2. The van der Waals surface area contributed by atoms with Crippen molar-refractivity contribution in [3.63, 3.8) is 0 Å². The summed E-state index contributed by atoms with van der Waals surface area (Å²) in [5, 5.41) is 7.90. The first kappa shape index (κ1) is 25.4. The highest BCUT2D eigenvalue weighted by molar-refractivity contribution is 6.30. The monoisotopic (exact) mass is 508 g/mol. The summed E-state index contributed by atoms with van der Waals surface area (Å²) in [7, 11) is 0. The molecule has 3 aromatic rings. The van der Waals surface area contributed by atoms with Crippen LogP contribution in [0.3, 0.4) is 0 Å². The van der Waals surface area contributed by atoms with Gasteiger partial charge in [0, 0.05) is 24.2 Å². The average Bonchev–Trinajstić information content (AvgIpc) is 3.28. The van der Waals surface area contributed by atoms with Crippen molar-refractivity contribution in [2.24, 2.45) is 0 Å². The quantitative estimate of drug-likeness (QED) is 0.467. The average molecular weight is 509 g/mol. The van der Waals surface area contributed by atoms with Gasteiger partial charge in [0.1, 0.15) is 11.2 Å². The fraction of sp³-hybridized carbons (Fsp3) is 0.333. The van der Waals surface area contributed by atoms with E-state index in [1.165, 1.54) is 10.7 Å². The molecule has 0 spiro atoms. The molecule has 8 nitrogen and oxygen atoms in total.